The minimum Gasteiger partial charge on any atom is -0.314 e. The van der Waals surface area contributed by atoms with Crippen molar-refractivity contribution in [2.45, 2.75) is 44.6 Å². The van der Waals surface area contributed by atoms with Gasteiger partial charge in [0.25, 0.3) is 0 Å². The average molecular weight is 205 g/mol. The molecule has 1 atom stereocenters. The molecular weight excluding hydrogens is 186 g/mol. The molecule has 0 aromatic rings. The Morgan fingerprint density at radius 1 is 1.31 bits per heavy atom. The van der Waals surface area contributed by atoms with Crippen LogP contribution in [0.15, 0.2) is 0 Å². The molecule has 4 heteroatoms. The van der Waals surface area contributed by atoms with E-state index in [1.165, 1.54) is 32.1 Å². The summed E-state index contributed by atoms with van der Waals surface area (Å²) in [5.74, 6) is 0.402. The van der Waals surface area contributed by atoms with Crippen LogP contribution in [0.2, 0.25) is 0 Å². The smallest absolute Gasteiger partial charge is 0.152 e. The van der Waals surface area contributed by atoms with Gasteiger partial charge in [0.15, 0.2) is 11.1 Å². The Morgan fingerprint density at radius 3 is 2.62 bits per heavy atom. The molecule has 2 N–H and O–H groups in total. The molecule has 0 aromatic heterocycles. The summed E-state index contributed by atoms with van der Waals surface area (Å²) in [5, 5.41) is 3.43. The van der Waals surface area contributed by atoms with E-state index in [9.17, 15) is 4.21 Å². The van der Waals surface area contributed by atoms with E-state index < -0.39 is 11.1 Å². The van der Waals surface area contributed by atoms with Gasteiger partial charge in [-0.15, -0.1) is 0 Å². The summed E-state index contributed by atoms with van der Waals surface area (Å²) in [4.78, 5) is 0. The second kappa shape index (κ2) is 6.51. The molecule has 1 aliphatic rings. The van der Waals surface area contributed by atoms with E-state index in [0.29, 0.717) is 11.8 Å². The second-order valence-electron chi connectivity index (χ2n) is 3.67. The van der Waals surface area contributed by atoms with Crippen LogP contribution in [-0.2, 0) is 11.1 Å². The third-order valence-electron chi connectivity index (χ3n) is 2.53. The van der Waals surface area contributed by atoms with Crippen LogP contribution in [0.1, 0.15) is 38.5 Å². The van der Waals surface area contributed by atoms with E-state index in [0.717, 1.165) is 13.0 Å². The Morgan fingerprint density at radius 2 is 2.00 bits per heavy atom. The van der Waals surface area contributed by atoms with Crippen molar-refractivity contribution >= 4 is 11.1 Å². The van der Waals surface area contributed by atoms with Crippen LogP contribution in [-0.4, -0.2) is 27.1 Å². The molecule has 0 aromatic carbocycles. The lowest BCUT2D eigenvalue weighted by Crippen LogP contribution is -2.32. The molecular formula is C9H19NO2S. The highest BCUT2D eigenvalue weighted by Gasteiger charge is 2.11. The molecule has 0 spiro atoms. The van der Waals surface area contributed by atoms with E-state index in [1.807, 2.05) is 0 Å². The van der Waals surface area contributed by atoms with Crippen molar-refractivity contribution in [3.05, 3.63) is 0 Å². The van der Waals surface area contributed by atoms with Gasteiger partial charge in [0.05, 0.1) is 5.75 Å². The molecule has 1 rings (SSSR count). The van der Waals surface area contributed by atoms with Crippen molar-refractivity contribution < 1.29 is 8.76 Å². The molecule has 13 heavy (non-hydrogen) atoms. The standard InChI is InChI=1S/C9H19NO2S/c11-13(12)8-4-7-10-9-5-2-1-3-6-9/h9-10H,1-8H2,(H,11,12). The lowest BCUT2D eigenvalue weighted by molar-refractivity contribution is 0.374. The van der Waals surface area contributed by atoms with Crippen LogP contribution >= 0.6 is 0 Å². The van der Waals surface area contributed by atoms with Crippen molar-refractivity contribution in [2.75, 3.05) is 12.3 Å². The Labute approximate surface area is 82.6 Å². The van der Waals surface area contributed by atoms with Gasteiger partial charge >= 0.3 is 0 Å². The first kappa shape index (κ1) is 11.1. The quantitative estimate of drug-likeness (QED) is 0.528. The first-order valence-corrected chi connectivity index (χ1v) is 6.37. The van der Waals surface area contributed by atoms with Crippen molar-refractivity contribution in [2.24, 2.45) is 0 Å². The van der Waals surface area contributed by atoms with Crippen LogP contribution in [0.25, 0.3) is 0 Å². The van der Waals surface area contributed by atoms with E-state index in [2.05, 4.69) is 5.32 Å². The van der Waals surface area contributed by atoms with Gasteiger partial charge in [-0.3, -0.25) is 0 Å². The Hall–Kier alpha value is 0.0700. The SMILES string of the molecule is O=S(O)CCCNC1CCCCC1. The van der Waals surface area contributed by atoms with Crippen LogP contribution < -0.4 is 5.32 Å². The zero-order valence-corrected chi connectivity index (χ0v) is 8.81. The molecule has 1 saturated carbocycles. The molecule has 78 valence electrons. The lowest BCUT2D eigenvalue weighted by Gasteiger charge is -2.22. The lowest BCUT2D eigenvalue weighted by atomic mass is 9.95. The van der Waals surface area contributed by atoms with Crippen molar-refractivity contribution in [1.29, 1.82) is 0 Å². The fourth-order valence-electron chi connectivity index (χ4n) is 1.81. The van der Waals surface area contributed by atoms with Crippen molar-refractivity contribution in [3.63, 3.8) is 0 Å². The first-order chi connectivity index (χ1) is 6.29. The highest BCUT2D eigenvalue weighted by molar-refractivity contribution is 7.79. The predicted octanol–water partition coefficient (Wildman–Crippen LogP) is 1.52. The van der Waals surface area contributed by atoms with Gasteiger partial charge in [-0.2, -0.15) is 0 Å². The summed E-state index contributed by atoms with van der Waals surface area (Å²) < 4.78 is 18.9. The number of hydrogen-bond acceptors (Lipinski definition) is 2. The number of hydrogen-bond donors (Lipinski definition) is 2. The third-order valence-corrected chi connectivity index (χ3v) is 3.17. The normalized spacial score (nSPS) is 21.6. The maximum absolute atomic E-state index is 10.3. The van der Waals surface area contributed by atoms with Crippen LogP contribution in [0.3, 0.4) is 0 Å². The molecule has 0 heterocycles. The summed E-state index contributed by atoms with van der Waals surface area (Å²) in [5.41, 5.74) is 0. The van der Waals surface area contributed by atoms with Crippen LogP contribution in [0.4, 0.5) is 0 Å². The summed E-state index contributed by atoms with van der Waals surface area (Å²) in [6, 6.07) is 0.667. The zero-order valence-electron chi connectivity index (χ0n) is 8.00. The molecule has 1 unspecified atom stereocenters. The zero-order chi connectivity index (χ0) is 9.52. The molecule has 1 fully saturated rings. The molecule has 1 aliphatic carbocycles. The first-order valence-electron chi connectivity index (χ1n) is 5.10. The van der Waals surface area contributed by atoms with Gasteiger partial charge in [0.1, 0.15) is 0 Å². The van der Waals surface area contributed by atoms with Gasteiger partial charge in [0, 0.05) is 6.04 Å². The van der Waals surface area contributed by atoms with E-state index >= 15 is 0 Å². The highest BCUT2D eigenvalue weighted by atomic mass is 32.2. The maximum Gasteiger partial charge on any atom is 0.152 e. The third kappa shape index (κ3) is 5.39. The molecule has 0 amide bonds. The van der Waals surface area contributed by atoms with Crippen molar-refractivity contribution in [3.8, 4) is 0 Å². The monoisotopic (exact) mass is 205 g/mol. The minimum absolute atomic E-state index is 0.402. The predicted molar refractivity (Wildman–Crippen MR) is 55.1 cm³/mol. The van der Waals surface area contributed by atoms with E-state index in [-0.39, 0.29) is 0 Å². The largest absolute Gasteiger partial charge is 0.314 e. The molecule has 0 bridgehead atoms. The average Bonchev–Trinajstić information content (AvgIpc) is 2.14. The summed E-state index contributed by atoms with van der Waals surface area (Å²) in [6.07, 6.45) is 7.41. The Balaban J connectivity index is 1.95. The minimum atomic E-state index is -1.61. The van der Waals surface area contributed by atoms with Gasteiger partial charge in [0.2, 0.25) is 0 Å². The van der Waals surface area contributed by atoms with Gasteiger partial charge in [-0.05, 0) is 25.8 Å². The fourth-order valence-corrected chi connectivity index (χ4v) is 2.20. The summed E-state index contributed by atoms with van der Waals surface area (Å²) >= 11 is -1.61. The van der Waals surface area contributed by atoms with Gasteiger partial charge in [-0.1, -0.05) is 19.3 Å². The molecule has 3 nitrogen and oxygen atoms in total. The highest BCUT2D eigenvalue weighted by Crippen LogP contribution is 2.17. The summed E-state index contributed by atoms with van der Waals surface area (Å²) in [7, 11) is 0. The molecule has 0 radical (unpaired) electrons. The topological polar surface area (TPSA) is 49.3 Å². The van der Waals surface area contributed by atoms with Crippen LogP contribution in [0, 0.1) is 0 Å². The summed E-state index contributed by atoms with van der Waals surface area (Å²) in [6.45, 7) is 0.886. The maximum atomic E-state index is 10.3. The number of rotatable bonds is 5. The van der Waals surface area contributed by atoms with Gasteiger partial charge in [-0.25, -0.2) is 4.21 Å². The Kier molecular flexibility index (Phi) is 5.58. The van der Waals surface area contributed by atoms with Gasteiger partial charge < -0.3 is 9.87 Å². The fraction of sp³-hybridized carbons (Fsp3) is 1.00. The molecule has 0 aliphatic heterocycles. The Bertz CT molecular complexity index is 158. The van der Waals surface area contributed by atoms with Crippen molar-refractivity contribution in [1.82, 2.24) is 5.32 Å². The number of nitrogens with one attached hydrogen (secondary N) is 1. The van der Waals surface area contributed by atoms with E-state index in [1.54, 1.807) is 0 Å². The van der Waals surface area contributed by atoms with Crippen LogP contribution in [0.5, 0.6) is 0 Å². The molecule has 0 saturated heterocycles. The second-order valence-corrected chi connectivity index (χ2v) is 4.72. The van der Waals surface area contributed by atoms with E-state index in [4.69, 9.17) is 4.55 Å².